The van der Waals surface area contributed by atoms with Crippen LogP contribution in [-0.4, -0.2) is 33.9 Å². The lowest BCUT2D eigenvalue weighted by Crippen LogP contribution is -2.38. The Bertz CT molecular complexity index is 687. The second-order valence-corrected chi connectivity index (χ2v) is 6.77. The first-order valence-electron chi connectivity index (χ1n) is 8.42. The van der Waals surface area contributed by atoms with Crippen LogP contribution >= 0.6 is 0 Å². The van der Waals surface area contributed by atoms with Gasteiger partial charge in [0.25, 0.3) is 0 Å². The minimum absolute atomic E-state index is 0.0287. The number of amides is 1. The zero-order chi connectivity index (χ0) is 16.3. The Morgan fingerprint density at radius 3 is 2.91 bits per heavy atom. The van der Waals surface area contributed by atoms with Crippen LogP contribution in [0, 0.1) is 12.3 Å². The summed E-state index contributed by atoms with van der Waals surface area (Å²) in [6, 6.07) is 6.12. The molecule has 124 valence electrons. The molecule has 0 unspecified atom stereocenters. The summed E-state index contributed by atoms with van der Waals surface area (Å²) in [5.41, 5.74) is 2.18. The minimum atomic E-state index is -0.0921. The fourth-order valence-corrected chi connectivity index (χ4v) is 3.52. The van der Waals surface area contributed by atoms with E-state index in [9.17, 15) is 9.90 Å². The van der Waals surface area contributed by atoms with Gasteiger partial charge < -0.3 is 10.4 Å². The molecule has 1 amide bonds. The minimum Gasteiger partial charge on any atom is -0.396 e. The van der Waals surface area contributed by atoms with Gasteiger partial charge in [0.1, 0.15) is 0 Å². The molecule has 23 heavy (non-hydrogen) atoms. The van der Waals surface area contributed by atoms with Gasteiger partial charge in [-0.05, 0) is 31.4 Å². The van der Waals surface area contributed by atoms with Gasteiger partial charge in [0.05, 0.1) is 24.9 Å². The van der Waals surface area contributed by atoms with Gasteiger partial charge in [-0.2, -0.15) is 5.10 Å². The fourth-order valence-electron chi connectivity index (χ4n) is 3.52. The van der Waals surface area contributed by atoms with Gasteiger partial charge in [0, 0.05) is 23.8 Å². The first-order chi connectivity index (χ1) is 11.1. The third kappa shape index (κ3) is 3.39. The standard InChI is InChI=1S/C18H25N3O2/c1-14-5-4-6-16-15(14)11-20-21(16)10-7-17(23)19-12-18(13-22)8-2-3-9-18/h4-6,11,22H,2-3,7-10,12-13H2,1H3,(H,19,23). The van der Waals surface area contributed by atoms with E-state index in [0.29, 0.717) is 19.5 Å². The van der Waals surface area contributed by atoms with E-state index in [1.807, 2.05) is 23.0 Å². The quantitative estimate of drug-likeness (QED) is 0.860. The lowest BCUT2D eigenvalue weighted by molar-refractivity contribution is -0.122. The topological polar surface area (TPSA) is 67.2 Å². The van der Waals surface area contributed by atoms with Gasteiger partial charge in [0.15, 0.2) is 0 Å². The number of nitrogens with one attached hydrogen (secondary N) is 1. The molecule has 1 aliphatic rings. The highest BCUT2D eigenvalue weighted by Crippen LogP contribution is 2.36. The second kappa shape index (κ2) is 6.71. The molecule has 1 aliphatic carbocycles. The van der Waals surface area contributed by atoms with Gasteiger partial charge >= 0.3 is 0 Å². The van der Waals surface area contributed by atoms with Crippen molar-refractivity contribution in [2.75, 3.05) is 13.2 Å². The fraction of sp³-hybridized carbons (Fsp3) is 0.556. The van der Waals surface area contributed by atoms with Crippen molar-refractivity contribution in [3.05, 3.63) is 30.0 Å². The number of carbonyl (C=O) groups is 1. The summed E-state index contributed by atoms with van der Waals surface area (Å²) >= 11 is 0. The van der Waals surface area contributed by atoms with Crippen molar-refractivity contribution in [3.63, 3.8) is 0 Å². The Labute approximate surface area is 136 Å². The van der Waals surface area contributed by atoms with Crippen molar-refractivity contribution >= 4 is 16.8 Å². The number of aliphatic hydroxyl groups is 1. The Morgan fingerprint density at radius 1 is 1.39 bits per heavy atom. The third-order valence-electron chi connectivity index (χ3n) is 5.12. The zero-order valence-corrected chi connectivity index (χ0v) is 13.7. The summed E-state index contributed by atoms with van der Waals surface area (Å²) in [6.45, 7) is 3.39. The molecule has 0 atom stereocenters. The maximum Gasteiger partial charge on any atom is 0.221 e. The van der Waals surface area contributed by atoms with Crippen LogP contribution in [0.25, 0.3) is 10.9 Å². The number of aromatic nitrogens is 2. The summed E-state index contributed by atoms with van der Waals surface area (Å²) in [7, 11) is 0. The van der Waals surface area contributed by atoms with E-state index in [4.69, 9.17) is 0 Å². The summed E-state index contributed by atoms with van der Waals surface area (Å²) in [4.78, 5) is 12.1. The number of hydrogen-bond acceptors (Lipinski definition) is 3. The highest BCUT2D eigenvalue weighted by Gasteiger charge is 2.33. The Morgan fingerprint density at radius 2 is 2.17 bits per heavy atom. The number of nitrogens with zero attached hydrogens (tertiary/aromatic N) is 2. The Kier molecular flexibility index (Phi) is 4.66. The molecule has 0 radical (unpaired) electrons. The van der Waals surface area contributed by atoms with Gasteiger partial charge in [-0.25, -0.2) is 0 Å². The summed E-state index contributed by atoms with van der Waals surface area (Å²) < 4.78 is 1.89. The zero-order valence-electron chi connectivity index (χ0n) is 13.7. The predicted molar refractivity (Wildman–Crippen MR) is 90.1 cm³/mol. The van der Waals surface area contributed by atoms with E-state index >= 15 is 0 Å². The van der Waals surface area contributed by atoms with E-state index in [0.717, 1.165) is 36.6 Å². The van der Waals surface area contributed by atoms with Crippen molar-refractivity contribution in [1.82, 2.24) is 15.1 Å². The van der Waals surface area contributed by atoms with Crippen molar-refractivity contribution in [2.45, 2.75) is 45.6 Å². The van der Waals surface area contributed by atoms with Crippen LogP contribution in [0.15, 0.2) is 24.4 Å². The monoisotopic (exact) mass is 315 g/mol. The number of rotatable bonds is 6. The number of aryl methyl sites for hydroxylation is 2. The van der Waals surface area contributed by atoms with Crippen LogP contribution in [0.4, 0.5) is 0 Å². The van der Waals surface area contributed by atoms with Crippen LogP contribution in [0.1, 0.15) is 37.7 Å². The normalized spacial score (nSPS) is 16.8. The van der Waals surface area contributed by atoms with E-state index in [1.54, 1.807) is 0 Å². The lowest BCUT2D eigenvalue weighted by atomic mass is 9.87. The average Bonchev–Trinajstić information content (AvgIpc) is 3.19. The number of benzene rings is 1. The molecule has 1 saturated carbocycles. The lowest BCUT2D eigenvalue weighted by Gasteiger charge is -2.26. The number of carbonyl (C=O) groups excluding carboxylic acids is 1. The highest BCUT2D eigenvalue weighted by molar-refractivity contribution is 5.82. The van der Waals surface area contributed by atoms with Crippen LogP contribution in [0.2, 0.25) is 0 Å². The van der Waals surface area contributed by atoms with Crippen LogP contribution < -0.4 is 5.32 Å². The number of aliphatic hydroxyl groups excluding tert-OH is 1. The summed E-state index contributed by atoms with van der Waals surface area (Å²) in [5, 5.41) is 18.1. The van der Waals surface area contributed by atoms with Gasteiger partial charge in [-0.15, -0.1) is 0 Å². The Balaban J connectivity index is 1.55. The third-order valence-corrected chi connectivity index (χ3v) is 5.12. The van der Waals surface area contributed by atoms with Crippen LogP contribution in [0.5, 0.6) is 0 Å². The molecule has 2 N–H and O–H groups in total. The molecular formula is C18H25N3O2. The largest absolute Gasteiger partial charge is 0.396 e. The number of fused-ring (bicyclic) bond motifs is 1. The Hall–Kier alpha value is -1.88. The summed E-state index contributed by atoms with van der Waals surface area (Å²) in [6.07, 6.45) is 6.58. The molecule has 5 heteroatoms. The molecule has 0 bridgehead atoms. The molecule has 1 heterocycles. The molecule has 1 aromatic heterocycles. The molecule has 0 aliphatic heterocycles. The number of hydrogen-bond donors (Lipinski definition) is 2. The van der Waals surface area contributed by atoms with Crippen molar-refractivity contribution in [3.8, 4) is 0 Å². The van der Waals surface area contributed by atoms with E-state index in [2.05, 4.69) is 23.4 Å². The highest BCUT2D eigenvalue weighted by atomic mass is 16.3. The second-order valence-electron chi connectivity index (χ2n) is 6.77. The van der Waals surface area contributed by atoms with Gasteiger partial charge in [0.2, 0.25) is 5.91 Å². The van der Waals surface area contributed by atoms with Crippen molar-refractivity contribution < 1.29 is 9.90 Å². The maximum atomic E-state index is 12.1. The predicted octanol–water partition coefficient (Wildman–Crippen LogP) is 2.40. The maximum absolute atomic E-state index is 12.1. The molecule has 0 saturated heterocycles. The smallest absolute Gasteiger partial charge is 0.221 e. The van der Waals surface area contributed by atoms with Crippen molar-refractivity contribution in [1.29, 1.82) is 0 Å². The van der Waals surface area contributed by atoms with E-state index < -0.39 is 0 Å². The van der Waals surface area contributed by atoms with E-state index in [-0.39, 0.29) is 17.9 Å². The first kappa shape index (κ1) is 16.0. The SMILES string of the molecule is Cc1cccc2c1cnn2CCC(=O)NCC1(CO)CCCC1. The molecular weight excluding hydrogens is 290 g/mol. The van der Waals surface area contributed by atoms with Crippen molar-refractivity contribution in [2.24, 2.45) is 5.41 Å². The average molecular weight is 315 g/mol. The summed E-state index contributed by atoms with van der Waals surface area (Å²) in [5.74, 6) is 0.0287. The van der Waals surface area contributed by atoms with E-state index in [1.165, 1.54) is 5.56 Å². The van der Waals surface area contributed by atoms with Crippen LogP contribution in [-0.2, 0) is 11.3 Å². The molecule has 3 rings (SSSR count). The molecule has 2 aromatic rings. The van der Waals surface area contributed by atoms with Crippen LogP contribution in [0.3, 0.4) is 0 Å². The molecule has 1 aromatic carbocycles. The molecule has 1 fully saturated rings. The molecule has 5 nitrogen and oxygen atoms in total. The van der Waals surface area contributed by atoms with Gasteiger partial charge in [-0.1, -0.05) is 25.0 Å². The first-order valence-corrected chi connectivity index (χ1v) is 8.42. The molecule has 0 spiro atoms. The van der Waals surface area contributed by atoms with Gasteiger partial charge in [-0.3, -0.25) is 9.48 Å².